The second kappa shape index (κ2) is 5.75. The minimum absolute atomic E-state index is 0.0906. The molecule has 0 unspecified atom stereocenters. The molecule has 2 heterocycles. The smallest absolute Gasteiger partial charge is 0.247 e. The van der Waals surface area contributed by atoms with E-state index in [4.69, 9.17) is 15.2 Å². The maximum Gasteiger partial charge on any atom is 0.247 e. The van der Waals surface area contributed by atoms with Gasteiger partial charge in [-0.15, -0.1) is 10.2 Å². The summed E-state index contributed by atoms with van der Waals surface area (Å²) in [6.45, 7) is 0.220. The number of hydrogen-bond acceptors (Lipinski definition) is 8. The van der Waals surface area contributed by atoms with Gasteiger partial charge in [0.15, 0.2) is 11.5 Å². The fourth-order valence-corrected chi connectivity index (χ4v) is 2.30. The van der Waals surface area contributed by atoms with Gasteiger partial charge in [-0.1, -0.05) is 11.3 Å². The van der Waals surface area contributed by atoms with Crippen LogP contribution in [0, 0.1) is 0 Å². The third kappa shape index (κ3) is 3.26. The molecule has 0 radical (unpaired) electrons. The molecule has 0 bridgehead atoms. The van der Waals surface area contributed by atoms with Crippen LogP contribution >= 0.6 is 11.3 Å². The molecule has 21 heavy (non-hydrogen) atoms. The molecule has 0 aliphatic carbocycles. The van der Waals surface area contributed by atoms with Gasteiger partial charge in [-0.05, 0) is 23.8 Å². The molecule has 3 rings (SSSR count). The number of nitrogens with one attached hydrogen (secondary N) is 1. The van der Waals surface area contributed by atoms with Crippen molar-refractivity contribution in [1.29, 1.82) is 0 Å². The predicted octanol–water partition coefficient (Wildman–Crippen LogP) is 0.542. The molecule has 0 fully saturated rings. The summed E-state index contributed by atoms with van der Waals surface area (Å²) in [6.07, 6.45) is 1.61. The fourth-order valence-electron chi connectivity index (χ4n) is 1.69. The molecule has 3 N–H and O–H groups in total. The average molecular weight is 305 g/mol. The van der Waals surface area contributed by atoms with Gasteiger partial charge in [0.2, 0.25) is 17.8 Å². The Morgan fingerprint density at radius 2 is 2.29 bits per heavy atom. The summed E-state index contributed by atoms with van der Waals surface area (Å²) in [4.78, 5) is 11.6. The van der Waals surface area contributed by atoms with Crippen molar-refractivity contribution < 1.29 is 14.3 Å². The predicted molar refractivity (Wildman–Crippen MR) is 76.3 cm³/mol. The number of hydrogen-bond donors (Lipinski definition) is 2. The Morgan fingerprint density at radius 1 is 1.43 bits per heavy atom. The first kappa shape index (κ1) is 13.3. The van der Waals surface area contributed by atoms with Crippen molar-refractivity contribution in [2.24, 2.45) is 5.10 Å². The van der Waals surface area contributed by atoms with E-state index in [9.17, 15) is 4.79 Å². The summed E-state index contributed by atoms with van der Waals surface area (Å²) >= 11 is 1.17. The fraction of sp³-hybridized carbons (Fsp3) is 0.167. The van der Waals surface area contributed by atoms with E-state index in [1.807, 2.05) is 6.07 Å². The Hall–Kier alpha value is -2.68. The van der Waals surface area contributed by atoms with Crippen molar-refractivity contribution in [3.05, 3.63) is 28.8 Å². The Kier molecular flexibility index (Phi) is 3.65. The normalized spacial score (nSPS) is 12.8. The van der Waals surface area contributed by atoms with Gasteiger partial charge in [0.05, 0.1) is 12.6 Å². The number of benzene rings is 1. The van der Waals surface area contributed by atoms with Crippen molar-refractivity contribution in [3.8, 4) is 11.5 Å². The number of anilines is 1. The number of carbonyl (C=O) groups excluding carboxylic acids is 1. The number of amides is 1. The van der Waals surface area contributed by atoms with Crippen LogP contribution in [0.4, 0.5) is 5.13 Å². The molecule has 0 atom stereocenters. The molecular formula is C12H11N5O3S. The van der Waals surface area contributed by atoms with E-state index in [2.05, 4.69) is 20.7 Å². The van der Waals surface area contributed by atoms with E-state index >= 15 is 0 Å². The highest BCUT2D eigenvalue weighted by Gasteiger charge is 2.12. The van der Waals surface area contributed by atoms with Gasteiger partial charge in [-0.2, -0.15) is 5.10 Å². The lowest BCUT2D eigenvalue weighted by atomic mass is 10.2. The molecule has 108 valence electrons. The van der Waals surface area contributed by atoms with Crippen LogP contribution in [0.25, 0.3) is 0 Å². The van der Waals surface area contributed by atoms with E-state index in [-0.39, 0.29) is 19.1 Å². The van der Waals surface area contributed by atoms with Crippen LogP contribution in [-0.2, 0) is 11.2 Å². The van der Waals surface area contributed by atoms with Gasteiger partial charge >= 0.3 is 0 Å². The van der Waals surface area contributed by atoms with Gasteiger partial charge < -0.3 is 15.2 Å². The SMILES string of the molecule is Nc1nnc(CC(=O)NN=Cc2ccc3c(c2)OCO3)s1. The topological polar surface area (TPSA) is 112 Å². The Morgan fingerprint density at radius 3 is 3.10 bits per heavy atom. The minimum Gasteiger partial charge on any atom is -0.454 e. The minimum atomic E-state index is -0.289. The summed E-state index contributed by atoms with van der Waals surface area (Å²) in [5.41, 5.74) is 8.64. The zero-order valence-electron chi connectivity index (χ0n) is 10.8. The quantitative estimate of drug-likeness (QED) is 0.630. The Bertz CT molecular complexity index is 700. The number of nitrogens with two attached hydrogens (primary N) is 1. The van der Waals surface area contributed by atoms with Gasteiger partial charge in [0, 0.05) is 0 Å². The van der Waals surface area contributed by atoms with E-state index in [0.717, 1.165) is 5.56 Å². The van der Waals surface area contributed by atoms with E-state index in [1.54, 1.807) is 12.1 Å². The molecule has 8 nitrogen and oxygen atoms in total. The number of rotatable bonds is 4. The van der Waals surface area contributed by atoms with Crippen LogP contribution < -0.4 is 20.6 Å². The highest BCUT2D eigenvalue weighted by molar-refractivity contribution is 7.15. The molecule has 9 heteroatoms. The van der Waals surface area contributed by atoms with Crippen LogP contribution in [0.2, 0.25) is 0 Å². The first-order valence-corrected chi connectivity index (χ1v) is 6.82. The van der Waals surface area contributed by atoms with Crippen LogP contribution in [0.3, 0.4) is 0 Å². The number of nitrogens with zero attached hydrogens (tertiary/aromatic N) is 3. The second-order valence-corrected chi connectivity index (χ2v) is 5.21. The maximum absolute atomic E-state index is 11.6. The number of carbonyl (C=O) groups is 1. The number of fused-ring (bicyclic) bond motifs is 1. The summed E-state index contributed by atoms with van der Waals surface area (Å²) in [5.74, 6) is 1.07. The third-order valence-corrected chi connectivity index (χ3v) is 3.35. The molecule has 2 aromatic rings. The number of hydrazone groups is 1. The van der Waals surface area contributed by atoms with Gasteiger partial charge in [-0.3, -0.25) is 4.79 Å². The highest BCUT2D eigenvalue weighted by Crippen LogP contribution is 2.31. The average Bonchev–Trinajstić information content (AvgIpc) is 3.07. The Labute approximate surface area is 123 Å². The largest absolute Gasteiger partial charge is 0.454 e. The molecule has 1 amide bonds. The Balaban J connectivity index is 1.55. The molecular weight excluding hydrogens is 294 g/mol. The van der Waals surface area contributed by atoms with Crippen molar-refractivity contribution in [3.63, 3.8) is 0 Å². The molecule has 0 saturated heterocycles. The standard InChI is InChI=1S/C12H11N5O3S/c13-12-17-16-11(21-12)4-10(18)15-14-5-7-1-2-8-9(3-7)20-6-19-8/h1-3,5H,4,6H2,(H2,13,17)(H,15,18). The van der Waals surface area contributed by atoms with Crippen molar-refractivity contribution in [1.82, 2.24) is 15.6 Å². The molecule has 1 aliphatic rings. The van der Waals surface area contributed by atoms with Gasteiger partial charge in [-0.25, -0.2) is 5.43 Å². The number of nitrogen functional groups attached to an aromatic ring is 1. The summed E-state index contributed by atoms with van der Waals surface area (Å²) in [6, 6.07) is 5.38. The molecule has 1 aromatic carbocycles. The van der Waals surface area contributed by atoms with Crippen LogP contribution in [-0.4, -0.2) is 29.1 Å². The molecule has 0 spiro atoms. The monoisotopic (exact) mass is 305 g/mol. The zero-order chi connectivity index (χ0) is 14.7. The first-order chi connectivity index (χ1) is 10.2. The lowest BCUT2D eigenvalue weighted by molar-refractivity contribution is -0.120. The summed E-state index contributed by atoms with van der Waals surface area (Å²) < 4.78 is 10.5. The van der Waals surface area contributed by atoms with Crippen LogP contribution in [0.15, 0.2) is 23.3 Å². The zero-order valence-corrected chi connectivity index (χ0v) is 11.6. The van der Waals surface area contributed by atoms with Crippen molar-refractivity contribution in [2.75, 3.05) is 12.5 Å². The molecule has 1 aromatic heterocycles. The number of ether oxygens (including phenoxy) is 2. The van der Waals surface area contributed by atoms with E-state index in [1.165, 1.54) is 17.6 Å². The lowest BCUT2D eigenvalue weighted by Crippen LogP contribution is -2.19. The number of aromatic nitrogens is 2. The van der Waals surface area contributed by atoms with Crippen molar-refractivity contribution in [2.45, 2.75) is 6.42 Å². The summed E-state index contributed by atoms with van der Waals surface area (Å²) in [5, 5.41) is 12.1. The van der Waals surface area contributed by atoms with Gasteiger partial charge in [0.25, 0.3) is 0 Å². The molecule has 1 aliphatic heterocycles. The maximum atomic E-state index is 11.6. The third-order valence-electron chi connectivity index (χ3n) is 2.59. The van der Waals surface area contributed by atoms with Crippen LogP contribution in [0.1, 0.15) is 10.6 Å². The first-order valence-electron chi connectivity index (χ1n) is 6.00. The van der Waals surface area contributed by atoms with E-state index in [0.29, 0.717) is 21.6 Å². The van der Waals surface area contributed by atoms with Gasteiger partial charge in [0.1, 0.15) is 5.01 Å². The second-order valence-electron chi connectivity index (χ2n) is 4.12. The van der Waals surface area contributed by atoms with Crippen molar-refractivity contribution >= 4 is 28.6 Å². The lowest BCUT2D eigenvalue weighted by Gasteiger charge is -1.98. The highest BCUT2D eigenvalue weighted by atomic mass is 32.1. The van der Waals surface area contributed by atoms with E-state index < -0.39 is 0 Å². The molecule has 0 saturated carbocycles. The summed E-state index contributed by atoms with van der Waals surface area (Å²) in [7, 11) is 0. The van der Waals surface area contributed by atoms with Crippen LogP contribution in [0.5, 0.6) is 11.5 Å².